The highest BCUT2D eigenvalue weighted by atomic mass is 16.2. The Morgan fingerprint density at radius 1 is 1.17 bits per heavy atom. The minimum absolute atomic E-state index is 0.199. The highest BCUT2D eigenvalue weighted by Gasteiger charge is 2.25. The van der Waals surface area contributed by atoms with E-state index in [2.05, 4.69) is 31.2 Å². The second-order valence-corrected chi connectivity index (χ2v) is 4.63. The molecule has 1 aromatic carbocycles. The Bertz CT molecular complexity index is 369. The molecular weight excluding hydrogens is 222 g/mol. The third-order valence-electron chi connectivity index (χ3n) is 3.37. The summed E-state index contributed by atoms with van der Waals surface area (Å²) in [5.74, 6) is 0.199. The zero-order chi connectivity index (χ0) is 13.5. The number of benzene rings is 1. The highest BCUT2D eigenvalue weighted by Crippen LogP contribution is 2.30. The standard InChI is InChI=1S/C14H19NO.C2H6/c1-11-6-8-13(9-7-11)14-5-3-4-10-15(14)12(2)16;1-2/h6-9,14H,3-5,10H2,1-2H3;1-2H3. The SMILES string of the molecule is CC.CC(=O)N1CCCCC1c1ccc(C)cc1. The van der Waals surface area contributed by atoms with Crippen LogP contribution in [0.2, 0.25) is 0 Å². The first-order valence-corrected chi connectivity index (χ1v) is 7.02. The minimum atomic E-state index is 0.199. The van der Waals surface area contributed by atoms with E-state index in [1.807, 2.05) is 18.7 Å². The molecule has 0 saturated carbocycles. The molecule has 0 aliphatic carbocycles. The molecule has 2 nitrogen and oxygen atoms in total. The van der Waals surface area contributed by atoms with Crippen LogP contribution in [0.3, 0.4) is 0 Å². The number of piperidine rings is 1. The largest absolute Gasteiger partial charge is 0.336 e. The van der Waals surface area contributed by atoms with Gasteiger partial charge in [0.05, 0.1) is 6.04 Å². The van der Waals surface area contributed by atoms with Crippen molar-refractivity contribution in [3.05, 3.63) is 35.4 Å². The van der Waals surface area contributed by atoms with Crippen LogP contribution in [0.25, 0.3) is 0 Å². The zero-order valence-electron chi connectivity index (χ0n) is 12.1. The van der Waals surface area contributed by atoms with Gasteiger partial charge in [0.25, 0.3) is 0 Å². The van der Waals surface area contributed by atoms with Gasteiger partial charge in [-0.25, -0.2) is 0 Å². The maximum absolute atomic E-state index is 11.6. The Labute approximate surface area is 111 Å². The first-order valence-electron chi connectivity index (χ1n) is 7.02. The molecular formula is C16H25NO. The van der Waals surface area contributed by atoms with E-state index in [-0.39, 0.29) is 5.91 Å². The Hall–Kier alpha value is -1.31. The first-order chi connectivity index (χ1) is 8.68. The Kier molecular flexibility index (Phi) is 5.90. The number of nitrogens with zero attached hydrogens (tertiary/aromatic N) is 1. The van der Waals surface area contributed by atoms with Crippen molar-refractivity contribution < 1.29 is 4.79 Å². The lowest BCUT2D eigenvalue weighted by Crippen LogP contribution is -2.36. The molecule has 1 aliphatic heterocycles. The molecule has 0 aromatic heterocycles. The molecule has 2 heteroatoms. The third-order valence-corrected chi connectivity index (χ3v) is 3.37. The van der Waals surface area contributed by atoms with Gasteiger partial charge in [0.2, 0.25) is 5.91 Å². The number of amides is 1. The number of carbonyl (C=O) groups is 1. The van der Waals surface area contributed by atoms with E-state index in [1.165, 1.54) is 17.5 Å². The first kappa shape index (κ1) is 14.7. The summed E-state index contributed by atoms with van der Waals surface area (Å²) in [5, 5.41) is 0. The fraction of sp³-hybridized carbons (Fsp3) is 0.562. The van der Waals surface area contributed by atoms with E-state index in [0.717, 1.165) is 19.4 Å². The molecule has 0 bridgehead atoms. The summed E-state index contributed by atoms with van der Waals surface area (Å²) < 4.78 is 0. The smallest absolute Gasteiger partial charge is 0.219 e. The van der Waals surface area contributed by atoms with Crippen molar-refractivity contribution in [3.8, 4) is 0 Å². The second kappa shape index (κ2) is 7.20. The van der Waals surface area contributed by atoms with E-state index in [1.54, 1.807) is 6.92 Å². The molecule has 1 heterocycles. The van der Waals surface area contributed by atoms with Crippen molar-refractivity contribution in [2.24, 2.45) is 0 Å². The summed E-state index contributed by atoms with van der Waals surface area (Å²) in [4.78, 5) is 13.6. The number of aryl methyl sites for hydroxylation is 1. The molecule has 1 aromatic rings. The van der Waals surface area contributed by atoms with Crippen molar-refractivity contribution in [1.82, 2.24) is 4.90 Å². The van der Waals surface area contributed by atoms with Gasteiger partial charge in [0.1, 0.15) is 0 Å². The van der Waals surface area contributed by atoms with Gasteiger partial charge >= 0.3 is 0 Å². The van der Waals surface area contributed by atoms with Crippen LogP contribution >= 0.6 is 0 Å². The van der Waals surface area contributed by atoms with Crippen LogP contribution in [-0.2, 0) is 4.79 Å². The maximum atomic E-state index is 11.6. The Balaban J connectivity index is 0.000000771. The van der Waals surface area contributed by atoms with Gasteiger partial charge in [-0.05, 0) is 31.7 Å². The Morgan fingerprint density at radius 2 is 1.78 bits per heavy atom. The van der Waals surface area contributed by atoms with Crippen LogP contribution in [0, 0.1) is 6.92 Å². The van der Waals surface area contributed by atoms with Crippen molar-refractivity contribution in [2.75, 3.05) is 6.54 Å². The van der Waals surface area contributed by atoms with Gasteiger partial charge in [0, 0.05) is 13.5 Å². The normalized spacial score (nSPS) is 18.9. The molecule has 0 spiro atoms. The quantitative estimate of drug-likeness (QED) is 0.731. The molecule has 18 heavy (non-hydrogen) atoms. The van der Waals surface area contributed by atoms with Crippen LogP contribution in [-0.4, -0.2) is 17.4 Å². The molecule has 1 amide bonds. The summed E-state index contributed by atoms with van der Waals surface area (Å²) in [6, 6.07) is 8.86. The lowest BCUT2D eigenvalue weighted by Gasteiger charge is -2.35. The lowest BCUT2D eigenvalue weighted by molar-refractivity contribution is -0.132. The summed E-state index contributed by atoms with van der Waals surface area (Å²) in [6.45, 7) is 8.67. The van der Waals surface area contributed by atoms with E-state index in [0.29, 0.717) is 6.04 Å². The van der Waals surface area contributed by atoms with E-state index < -0.39 is 0 Å². The number of carbonyl (C=O) groups excluding carboxylic acids is 1. The highest BCUT2D eigenvalue weighted by molar-refractivity contribution is 5.74. The number of likely N-dealkylation sites (tertiary alicyclic amines) is 1. The molecule has 1 atom stereocenters. The number of hydrogen-bond donors (Lipinski definition) is 0. The van der Waals surface area contributed by atoms with E-state index >= 15 is 0 Å². The zero-order valence-corrected chi connectivity index (χ0v) is 12.1. The van der Waals surface area contributed by atoms with Gasteiger partial charge in [-0.3, -0.25) is 4.79 Å². The van der Waals surface area contributed by atoms with Crippen molar-refractivity contribution >= 4 is 5.91 Å². The summed E-state index contributed by atoms with van der Waals surface area (Å²) >= 11 is 0. The lowest BCUT2D eigenvalue weighted by atomic mass is 9.94. The predicted octanol–water partition coefficient (Wildman–Crippen LogP) is 4.09. The van der Waals surface area contributed by atoms with Crippen molar-refractivity contribution in [3.63, 3.8) is 0 Å². The topological polar surface area (TPSA) is 20.3 Å². The van der Waals surface area contributed by atoms with Crippen LogP contribution in [0.1, 0.15) is 57.2 Å². The maximum Gasteiger partial charge on any atom is 0.219 e. The molecule has 1 aliphatic rings. The van der Waals surface area contributed by atoms with Gasteiger partial charge in [-0.15, -0.1) is 0 Å². The summed E-state index contributed by atoms with van der Waals surface area (Å²) in [6.07, 6.45) is 3.47. The molecule has 1 fully saturated rings. The van der Waals surface area contributed by atoms with Gasteiger partial charge in [0.15, 0.2) is 0 Å². The predicted molar refractivity (Wildman–Crippen MR) is 76.5 cm³/mol. The fourth-order valence-corrected chi connectivity index (χ4v) is 2.44. The van der Waals surface area contributed by atoms with Crippen LogP contribution in [0.15, 0.2) is 24.3 Å². The molecule has 0 N–H and O–H groups in total. The van der Waals surface area contributed by atoms with Crippen LogP contribution < -0.4 is 0 Å². The van der Waals surface area contributed by atoms with E-state index in [4.69, 9.17) is 0 Å². The van der Waals surface area contributed by atoms with Crippen molar-refractivity contribution in [1.29, 1.82) is 0 Å². The second-order valence-electron chi connectivity index (χ2n) is 4.63. The third kappa shape index (κ3) is 3.59. The number of hydrogen-bond acceptors (Lipinski definition) is 1. The van der Waals surface area contributed by atoms with E-state index in [9.17, 15) is 4.79 Å². The number of rotatable bonds is 1. The van der Waals surface area contributed by atoms with Gasteiger partial charge in [-0.1, -0.05) is 43.7 Å². The van der Waals surface area contributed by atoms with Gasteiger partial charge < -0.3 is 4.90 Å². The Morgan fingerprint density at radius 3 is 2.33 bits per heavy atom. The monoisotopic (exact) mass is 247 g/mol. The molecule has 0 radical (unpaired) electrons. The molecule has 100 valence electrons. The molecule has 1 unspecified atom stereocenters. The van der Waals surface area contributed by atoms with Crippen LogP contribution in [0.4, 0.5) is 0 Å². The van der Waals surface area contributed by atoms with Gasteiger partial charge in [-0.2, -0.15) is 0 Å². The summed E-state index contributed by atoms with van der Waals surface area (Å²) in [5.41, 5.74) is 2.55. The van der Waals surface area contributed by atoms with Crippen molar-refractivity contribution in [2.45, 2.75) is 53.0 Å². The average molecular weight is 247 g/mol. The summed E-state index contributed by atoms with van der Waals surface area (Å²) in [7, 11) is 0. The molecule has 2 rings (SSSR count). The van der Waals surface area contributed by atoms with Crippen LogP contribution in [0.5, 0.6) is 0 Å². The fourth-order valence-electron chi connectivity index (χ4n) is 2.44. The average Bonchev–Trinajstić information content (AvgIpc) is 2.42. The minimum Gasteiger partial charge on any atom is -0.336 e. The molecule has 1 saturated heterocycles.